The molecule has 2 nitrogen and oxygen atoms in total. The molecule has 20 heavy (non-hydrogen) atoms. The Hall–Kier alpha value is -1.58. The van der Waals surface area contributed by atoms with Gasteiger partial charge in [-0.05, 0) is 26.1 Å². The van der Waals surface area contributed by atoms with E-state index in [0.29, 0.717) is 17.4 Å². The third-order valence-electron chi connectivity index (χ3n) is 3.22. The standard InChI is InChI=1S/C16H17ClFNO/c1-11(19-2)14-8-7-13(18)9-16(14)20-10-12-5-3-4-6-15(12)17/h3-9,11,19H,10H2,1-2H3. The molecule has 0 fully saturated rings. The van der Waals surface area contributed by atoms with Crippen LogP contribution in [0.15, 0.2) is 42.5 Å². The number of nitrogens with one attached hydrogen (secondary N) is 1. The van der Waals surface area contributed by atoms with Crippen molar-refractivity contribution >= 4 is 11.6 Å². The summed E-state index contributed by atoms with van der Waals surface area (Å²) in [6, 6.07) is 12.1. The molecule has 0 aliphatic carbocycles. The van der Waals surface area contributed by atoms with Gasteiger partial charge < -0.3 is 10.1 Å². The predicted octanol–water partition coefficient (Wildman–Crippen LogP) is 4.34. The Morgan fingerprint density at radius 3 is 2.70 bits per heavy atom. The van der Waals surface area contributed by atoms with E-state index in [-0.39, 0.29) is 11.9 Å². The summed E-state index contributed by atoms with van der Waals surface area (Å²) < 4.78 is 19.1. The molecule has 0 saturated heterocycles. The summed E-state index contributed by atoms with van der Waals surface area (Å²) in [5, 5.41) is 3.77. The number of hydrogen-bond donors (Lipinski definition) is 1. The van der Waals surface area contributed by atoms with Gasteiger partial charge in [0.2, 0.25) is 0 Å². The molecule has 1 N–H and O–H groups in total. The van der Waals surface area contributed by atoms with Crippen LogP contribution in [0.4, 0.5) is 4.39 Å². The van der Waals surface area contributed by atoms with Crippen LogP contribution in [-0.2, 0) is 6.61 Å². The third-order valence-corrected chi connectivity index (χ3v) is 3.58. The Morgan fingerprint density at radius 2 is 2.00 bits per heavy atom. The van der Waals surface area contributed by atoms with Gasteiger partial charge in [-0.15, -0.1) is 0 Å². The predicted molar refractivity (Wildman–Crippen MR) is 79.7 cm³/mol. The van der Waals surface area contributed by atoms with E-state index in [1.165, 1.54) is 12.1 Å². The van der Waals surface area contributed by atoms with E-state index >= 15 is 0 Å². The summed E-state index contributed by atoms with van der Waals surface area (Å²) in [6.45, 7) is 2.31. The Kier molecular flexibility index (Phi) is 4.99. The molecule has 2 aromatic carbocycles. The molecule has 0 aromatic heterocycles. The maximum atomic E-state index is 13.4. The Balaban J connectivity index is 2.20. The number of rotatable bonds is 5. The van der Waals surface area contributed by atoms with Crippen LogP contribution in [0.25, 0.3) is 0 Å². The van der Waals surface area contributed by atoms with Crippen LogP contribution in [0.1, 0.15) is 24.1 Å². The van der Waals surface area contributed by atoms with Crippen molar-refractivity contribution in [3.05, 3.63) is 64.4 Å². The molecule has 2 rings (SSSR count). The zero-order valence-electron chi connectivity index (χ0n) is 11.5. The van der Waals surface area contributed by atoms with Crippen LogP contribution in [-0.4, -0.2) is 7.05 Å². The van der Waals surface area contributed by atoms with Gasteiger partial charge in [-0.1, -0.05) is 35.9 Å². The Bertz CT molecular complexity index is 588. The lowest BCUT2D eigenvalue weighted by molar-refractivity contribution is 0.298. The molecule has 0 spiro atoms. The normalized spacial score (nSPS) is 12.2. The molecule has 0 heterocycles. The second kappa shape index (κ2) is 6.73. The molecular weight excluding hydrogens is 277 g/mol. The van der Waals surface area contributed by atoms with Crippen LogP contribution in [0.3, 0.4) is 0 Å². The van der Waals surface area contributed by atoms with Crippen molar-refractivity contribution in [2.45, 2.75) is 19.6 Å². The fourth-order valence-electron chi connectivity index (χ4n) is 1.92. The molecule has 0 aliphatic heterocycles. The number of hydrogen-bond acceptors (Lipinski definition) is 2. The molecule has 0 saturated carbocycles. The summed E-state index contributed by atoms with van der Waals surface area (Å²) in [5.41, 5.74) is 1.79. The first-order valence-corrected chi connectivity index (χ1v) is 6.82. The summed E-state index contributed by atoms with van der Waals surface area (Å²) >= 11 is 6.08. The molecule has 1 unspecified atom stereocenters. The van der Waals surface area contributed by atoms with Crippen LogP contribution >= 0.6 is 11.6 Å². The minimum absolute atomic E-state index is 0.0804. The lowest BCUT2D eigenvalue weighted by Crippen LogP contribution is -2.14. The quantitative estimate of drug-likeness (QED) is 0.885. The fourth-order valence-corrected chi connectivity index (χ4v) is 2.11. The zero-order chi connectivity index (χ0) is 14.5. The summed E-state index contributed by atoms with van der Waals surface area (Å²) in [6.07, 6.45) is 0. The van der Waals surface area contributed by atoms with Gasteiger partial charge in [-0.2, -0.15) is 0 Å². The van der Waals surface area contributed by atoms with E-state index < -0.39 is 0 Å². The lowest BCUT2D eigenvalue weighted by atomic mass is 10.1. The zero-order valence-corrected chi connectivity index (χ0v) is 12.2. The van der Waals surface area contributed by atoms with E-state index in [2.05, 4.69) is 5.32 Å². The van der Waals surface area contributed by atoms with Crippen LogP contribution in [0, 0.1) is 5.82 Å². The highest BCUT2D eigenvalue weighted by Gasteiger charge is 2.12. The molecule has 0 bridgehead atoms. The van der Waals surface area contributed by atoms with E-state index in [0.717, 1.165) is 11.1 Å². The van der Waals surface area contributed by atoms with E-state index in [4.69, 9.17) is 16.3 Å². The summed E-state index contributed by atoms with van der Waals surface area (Å²) in [4.78, 5) is 0. The van der Waals surface area contributed by atoms with Crippen LogP contribution in [0.5, 0.6) is 5.75 Å². The van der Waals surface area contributed by atoms with Gasteiger partial charge in [-0.25, -0.2) is 4.39 Å². The molecule has 106 valence electrons. The van der Waals surface area contributed by atoms with Gasteiger partial charge in [0.05, 0.1) is 0 Å². The van der Waals surface area contributed by atoms with Gasteiger partial charge in [0.1, 0.15) is 18.2 Å². The highest BCUT2D eigenvalue weighted by molar-refractivity contribution is 6.31. The fraction of sp³-hybridized carbons (Fsp3) is 0.250. The van der Waals surface area contributed by atoms with Gasteiger partial charge in [0.15, 0.2) is 0 Å². The third kappa shape index (κ3) is 3.50. The minimum Gasteiger partial charge on any atom is -0.488 e. The average Bonchev–Trinajstić information content (AvgIpc) is 2.46. The first-order valence-electron chi connectivity index (χ1n) is 6.44. The minimum atomic E-state index is -0.314. The van der Waals surface area contributed by atoms with Crippen molar-refractivity contribution in [3.63, 3.8) is 0 Å². The monoisotopic (exact) mass is 293 g/mol. The van der Waals surface area contributed by atoms with Gasteiger partial charge in [0.25, 0.3) is 0 Å². The maximum Gasteiger partial charge on any atom is 0.127 e. The second-order valence-electron chi connectivity index (χ2n) is 4.57. The number of benzene rings is 2. The average molecular weight is 294 g/mol. The van der Waals surface area contributed by atoms with E-state index in [1.807, 2.05) is 38.2 Å². The molecule has 2 aromatic rings. The van der Waals surface area contributed by atoms with Crippen molar-refractivity contribution in [1.82, 2.24) is 5.32 Å². The second-order valence-corrected chi connectivity index (χ2v) is 4.98. The van der Waals surface area contributed by atoms with Crippen LogP contribution < -0.4 is 10.1 Å². The number of halogens is 2. The van der Waals surface area contributed by atoms with E-state index in [9.17, 15) is 4.39 Å². The van der Waals surface area contributed by atoms with Crippen molar-refractivity contribution in [2.24, 2.45) is 0 Å². The van der Waals surface area contributed by atoms with Gasteiger partial charge in [0, 0.05) is 28.3 Å². The van der Waals surface area contributed by atoms with E-state index in [1.54, 1.807) is 6.07 Å². The smallest absolute Gasteiger partial charge is 0.127 e. The molecule has 0 radical (unpaired) electrons. The topological polar surface area (TPSA) is 21.3 Å². The Labute approximate surface area is 123 Å². The molecule has 4 heteroatoms. The molecule has 0 aliphatic rings. The maximum absolute atomic E-state index is 13.4. The van der Waals surface area contributed by atoms with Crippen molar-refractivity contribution in [3.8, 4) is 5.75 Å². The van der Waals surface area contributed by atoms with Gasteiger partial charge >= 0.3 is 0 Å². The first-order chi connectivity index (χ1) is 9.61. The first kappa shape index (κ1) is 14.8. The number of ether oxygens (including phenoxy) is 1. The largest absolute Gasteiger partial charge is 0.488 e. The lowest BCUT2D eigenvalue weighted by Gasteiger charge is -2.17. The van der Waals surface area contributed by atoms with Crippen molar-refractivity contribution in [2.75, 3.05) is 7.05 Å². The highest BCUT2D eigenvalue weighted by Crippen LogP contribution is 2.27. The molecule has 1 atom stereocenters. The highest BCUT2D eigenvalue weighted by atomic mass is 35.5. The van der Waals surface area contributed by atoms with Crippen LogP contribution in [0.2, 0.25) is 5.02 Å². The molecular formula is C16H17ClFNO. The Morgan fingerprint density at radius 1 is 1.25 bits per heavy atom. The van der Waals surface area contributed by atoms with Crippen molar-refractivity contribution in [1.29, 1.82) is 0 Å². The van der Waals surface area contributed by atoms with Crippen molar-refractivity contribution < 1.29 is 9.13 Å². The molecule has 0 amide bonds. The SMILES string of the molecule is CNC(C)c1ccc(F)cc1OCc1ccccc1Cl. The van der Waals surface area contributed by atoms with Gasteiger partial charge in [-0.3, -0.25) is 0 Å². The summed E-state index contributed by atoms with van der Waals surface area (Å²) in [5.74, 6) is 0.220. The summed E-state index contributed by atoms with van der Waals surface area (Å²) in [7, 11) is 1.85.